The van der Waals surface area contributed by atoms with Gasteiger partial charge in [0.1, 0.15) is 6.26 Å². The molecule has 0 bridgehead atoms. The molecule has 0 saturated heterocycles. The molecule has 0 fully saturated rings. The lowest BCUT2D eigenvalue weighted by Gasteiger charge is -2.09. The fourth-order valence-corrected chi connectivity index (χ4v) is 1.60. The van der Waals surface area contributed by atoms with E-state index in [0.29, 0.717) is 29.6 Å². The molecule has 1 aromatic heterocycles. The van der Waals surface area contributed by atoms with Crippen molar-refractivity contribution in [3.63, 3.8) is 0 Å². The Balaban J connectivity index is 2.38. The first-order valence-electron chi connectivity index (χ1n) is 5.72. The average Bonchev–Trinajstić information content (AvgIpc) is 2.89. The lowest BCUT2D eigenvalue weighted by molar-refractivity contribution is 0.0995. The third-order valence-electron chi connectivity index (χ3n) is 2.47. The first-order chi connectivity index (χ1) is 9.15. The van der Waals surface area contributed by atoms with Crippen LogP contribution in [0.1, 0.15) is 17.4 Å². The smallest absolute Gasteiger partial charge is 0.270 e. The lowest BCUT2D eigenvalue weighted by atomic mass is 10.2. The molecule has 0 unspecified atom stereocenters. The van der Waals surface area contributed by atoms with Crippen LogP contribution in [0.4, 0.5) is 0 Å². The normalized spacial score (nSPS) is 10.2. The average molecular weight is 262 g/mol. The zero-order chi connectivity index (χ0) is 13.8. The molecule has 100 valence electrons. The molecule has 1 amide bonds. The summed E-state index contributed by atoms with van der Waals surface area (Å²) < 4.78 is 15.9. The summed E-state index contributed by atoms with van der Waals surface area (Å²) in [6, 6.07) is 5.24. The number of nitrogens with zero attached hydrogens (tertiary/aromatic N) is 1. The van der Waals surface area contributed by atoms with E-state index in [0.717, 1.165) is 0 Å². The minimum absolute atomic E-state index is 0.0868. The maximum Gasteiger partial charge on any atom is 0.270 e. The molecule has 2 N–H and O–H groups in total. The van der Waals surface area contributed by atoms with Gasteiger partial charge in [-0.15, -0.1) is 0 Å². The van der Waals surface area contributed by atoms with Crippen molar-refractivity contribution in [2.24, 2.45) is 5.73 Å². The zero-order valence-electron chi connectivity index (χ0n) is 10.7. The highest BCUT2D eigenvalue weighted by Gasteiger charge is 2.13. The second kappa shape index (κ2) is 5.43. The van der Waals surface area contributed by atoms with Crippen molar-refractivity contribution in [3.8, 4) is 23.0 Å². The van der Waals surface area contributed by atoms with Crippen LogP contribution in [0.3, 0.4) is 0 Å². The number of oxazole rings is 1. The van der Waals surface area contributed by atoms with Gasteiger partial charge in [0.25, 0.3) is 5.91 Å². The van der Waals surface area contributed by atoms with E-state index in [4.69, 9.17) is 19.6 Å². The predicted octanol–water partition coefficient (Wildman–Crippen LogP) is 1.85. The topological polar surface area (TPSA) is 87.6 Å². The third-order valence-corrected chi connectivity index (χ3v) is 2.47. The number of carbonyl (C=O) groups is 1. The van der Waals surface area contributed by atoms with E-state index in [-0.39, 0.29) is 5.69 Å². The minimum Gasteiger partial charge on any atom is -0.493 e. The van der Waals surface area contributed by atoms with Gasteiger partial charge in [0, 0.05) is 5.56 Å². The first-order valence-corrected chi connectivity index (χ1v) is 5.72. The largest absolute Gasteiger partial charge is 0.493 e. The summed E-state index contributed by atoms with van der Waals surface area (Å²) in [5.74, 6) is 0.875. The Morgan fingerprint density at radius 3 is 2.79 bits per heavy atom. The van der Waals surface area contributed by atoms with Gasteiger partial charge in [-0.25, -0.2) is 4.98 Å². The Kier molecular flexibility index (Phi) is 3.70. The molecule has 0 spiro atoms. The van der Waals surface area contributed by atoms with E-state index in [2.05, 4.69) is 4.98 Å². The molecule has 1 heterocycles. The molecule has 1 aromatic carbocycles. The number of amides is 1. The Bertz CT molecular complexity index is 592. The maximum atomic E-state index is 11.0. The van der Waals surface area contributed by atoms with Gasteiger partial charge in [0.15, 0.2) is 17.2 Å². The van der Waals surface area contributed by atoms with E-state index in [1.165, 1.54) is 6.26 Å². The van der Waals surface area contributed by atoms with E-state index in [1.807, 2.05) is 6.92 Å². The number of hydrogen-bond acceptors (Lipinski definition) is 5. The Hall–Kier alpha value is -2.50. The van der Waals surface area contributed by atoms with E-state index in [9.17, 15) is 4.79 Å². The van der Waals surface area contributed by atoms with Crippen LogP contribution in [-0.2, 0) is 0 Å². The van der Waals surface area contributed by atoms with Gasteiger partial charge in [-0.05, 0) is 25.1 Å². The number of rotatable bonds is 5. The van der Waals surface area contributed by atoms with Crippen molar-refractivity contribution in [1.29, 1.82) is 0 Å². The lowest BCUT2D eigenvalue weighted by Crippen LogP contribution is -2.10. The number of ether oxygens (including phenoxy) is 2. The van der Waals surface area contributed by atoms with Gasteiger partial charge in [0.05, 0.1) is 13.7 Å². The predicted molar refractivity (Wildman–Crippen MR) is 68.2 cm³/mol. The highest BCUT2D eigenvalue weighted by atomic mass is 16.5. The number of aromatic nitrogens is 1. The third kappa shape index (κ3) is 2.67. The molecule has 0 saturated carbocycles. The Morgan fingerprint density at radius 1 is 1.42 bits per heavy atom. The molecule has 19 heavy (non-hydrogen) atoms. The fraction of sp³-hybridized carbons (Fsp3) is 0.231. The summed E-state index contributed by atoms with van der Waals surface area (Å²) in [5, 5.41) is 0. The van der Waals surface area contributed by atoms with Crippen LogP contribution >= 0.6 is 0 Å². The molecule has 0 aliphatic rings. The molecule has 6 nitrogen and oxygen atoms in total. The van der Waals surface area contributed by atoms with Crippen molar-refractivity contribution in [1.82, 2.24) is 4.98 Å². The molecule has 2 rings (SSSR count). The molecular weight excluding hydrogens is 248 g/mol. The highest BCUT2D eigenvalue weighted by molar-refractivity contribution is 5.90. The molecule has 0 aliphatic heterocycles. The Labute approximate surface area is 110 Å². The van der Waals surface area contributed by atoms with Crippen molar-refractivity contribution in [2.45, 2.75) is 6.92 Å². The van der Waals surface area contributed by atoms with Crippen molar-refractivity contribution >= 4 is 5.91 Å². The van der Waals surface area contributed by atoms with Crippen LogP contribution in [0.5, 0.6) is 11.5 Å². The zero-order valence-corrected chi connectivity index (χ0v) is 10.7. The van der Waals surface area contributed by atoms with Gasteiger partial charge in [-0.2, -0.15) is 0 Å². The van der Waals surface area contributed by atoms with Crippen molar-refractivity contribution in [3.05, 3.63) is 30.2 Å². The first kappa shape index (κ1) is 12.9. The molecule has 0 aliphatic carbocycles. The number of primary amides is 1. The quantitative estimate of drug-likeness (QED) is 0.888. The fourth-order valence-electron chi connectivity index (χ4n) is 1.60. The van der Waals surface area contributed by atoms with Crippen LogP contribution in [0, 0.1) is 0 Å². The number of carbonyl (C=O) groups excluding carboxylic acids is 1. The van der Waals surface area contributed by atoms with Gasteiger partial charge in [-0.3, -0.25) is 4.79 Å². The summed E-state index contributed by atoms with van der Waals surface area (Å²) in [7, 11) is 1.56. The number of methoxy groups -OCH3 is 1. The SMILES string of the molecule is CCOc1cc(-c2nc(C(N)=O)co2)ccc1OC. The van der Waals surface area contributed by atoms with Gasteiger partial charge in [-0.1, -0.05) is 0 Å². The van der Waals surface area contributed by atoms with Crippen LogP contribution < -0.4 is 15.2 Å². The van der Waals surface area contributed by atoms with Crippen LogP contribution in [0.2, 0.25) is 0 Å². The van der Waals surface area contributed by atoms with Gasteiger partial charge in [0.2, 0.25) is 5.89 Å². The standard InChI is InChI=1S/C13H14N2O4/c1-3-18-11-6-8(4-5-10(11)17-2)13-15-9(7-19-13)12(14)16/h4-7H,3H2,1-2H3,(H2,14,16). The number of hydrogen-bond donors (Lipinski definition) is 1. The minimum atomic E-state index is -0.631. The summed E-state index contributed by atoms with van der Waals surface area (Å²) >= 11 is 0. The van der Waals surface area contributed by atoms with Crippen LogP contribution in [-0.4, -0.2) is 24.6 Å². The molecule has 6 heteroatoms. The van der Waals surface area contributed by atoms with E-state index in [1.54, 1.807) is 25.3 Å². The maximum absolute atomic E-state index is 11.0. The van der Waals surface area contributed by atoms with Crippen LogP contribution in [0.25, 0.3) is 11.5 Å². The van der Waals surface area contributed by atoms with Crippen molar-refractivity contribution < 1.29 is 18.7 Å². The Morgan fingerprint density at radius 2 is 2.21 bits per heavy atom. The molecular formula is C13H14N2O4. The molecule has 0 radical (unpaired) electrons. The summed E-state index contributed by atoms with van der Waals surface area (Å²) in [6.45, 7) is 2.39. The molecule has 0 atom stereocenters. The monoisotopic (exact) mass is 262 g/mol. The van der Waals surface area contributed by atoms with E-state index < -0.39 is 5.91 Å². The summed E-state index contributed by atoms with van der Waals surface area (Å²) in [6.07, 6.45) is 1.22. The second-order valence-electron chi connectivity index (χ2n) is 3.70. The van der Waals surface area contributed by atoms with Crippen LogP contribution in [0.15, 0.2) is 28.9 Å². The summed E-state index contributed by atoms with van der Waals surface area (Å²) in [5.41, 5.74) is 5.89. The number of benzene rings is 1. The summed E-state index contributed by atoms with van der Waals surface area (Å²) in [4.78, 5) is 15.0. The van der Waals surface area contributed by atoms with Gasteiger partial charge >= 0.3 is 0 Å². The molecule has 2 aromatic rings. The van der Waals surface area contributed by atoms with Gasteiger partial charge < -0.3 is 19.6 Å². The number of nitrogens with two attached hydrogens (primary N) is 1. The second-order valence-corrected chi connectivity index (χ2v) is 3.70. The van der Waals surface area contributed by atoms with E-state index >= 15 is 0 Å². The highest BCUT2D eigenvalue weighted by Crippen LogP contribution is 2.32. The van der Waals surface area contributed by atoms with Crippen molar-refractivity contribution in [2.75, 3.05) is 13.7 Å².